The number of urea groups is 1. The summed E-state index contributed by atoms with van der Waals surface area (Å²) < 4.78 is 0. The van der Waals surface area contributed by atoms with Crippen LogP contribution in [0.4, 0.5) is 4.79 Å². The molecule has 2 N–H and O–H groups in total. The van der Waals surface area contributed by atoms with Gasteiger partial charge in [0.05, 0.1) is 0 Å². The highest BCUT2D eigenvalue weighted by molar-refractivity contribution is 5.92. The first-order valence-corrected chi connectivity index (χ1v) is 6.99. The van der Waals surface area contributed by atoms with Gasteiger partial charge in [0.15, 0.2) is 0 Å². The molecule has 2 heterocycles. The first kappa shape index (κ1) is 14.6. The van der Waals surface area contributed by atoms with Gasteiger partial charge in [-0.05, 0) is 18.9 Å². The van der Waals surface area contributed by atoms with E-state index in [4.69, 9.17) is 0 Å². The molecule has 1 fully saturated rings. The van der Waals surface area contributed by atoms with Crippen molar-refractivity contribution in [1.29, 1.82) is 0 Å². The van der Waals surface area contributed by atoms with Gasteiger partial charge in [-0.25, -0.2) is 4.79 Å². The van der Waals surface area contributed by atoms with Crippen molar-refractivity contribution in [3.8, 4) is 0 Å². The highest BCUT2D eigenvalue weighted by Crippen LogP contribution is 2.14. The number of nitrogens with zero attached hydrogens (tertiary/aromatic N) is 2. The van der Waals surface area contributed by atoms with Crippen LogP contribution in [0, 0.1) is 0 Å². The third kappa shape index (κ3) is 3.60. The average molecular weight is 278 g/mol. The summed E-state index contributed by atoms with van der Waals surface area (Å²) in [6, 6.07) is 0.129. The lowest BCUT2D eigenvalue weighted by Gasteiger charge is -2.33. The van der Waals surface area contributed by atoms with Gasteiger partial charge in [0, 0.05) is 51.0 Å². The minimum atomic E-state index is -0.117. The van der Waals surface area contributed by atoms with Crippen molar-refractivity contribution in [2.24, 2.45) is 0 Å². The minimum Gasteiger partial charge on any atom is -0.341 e. The van der Waals surface area contributed by atoms with Crippen LogP contribution >= 0.6 is 0 Å². The summed E-state index contributed by atoms with van der Waals surface area (Å²) in [6.07, 6.45) is 5.20. The number of nitrogens with one attached hydrogen (secondary N) is 2. The number of allylic oxidation sites excluding steroid dienone is 1. The largest absolute Gasteiger partial charge is 0.341 e. The summed E-state index contributed by atoms with van der Waals surface area (Å²) in [5.41, 5.74) is 0.770. The van der Waals surface area contributed by atoms with E-state index in [1.165, 1.54) is 0 Å². The van der Waals surface area contributed by atoms with E-state index in [1.54, 1.807) is 24.1 Å². The maximum Gasteiger partial charge on any atom is 0.314 e. The van der Waals surface area contributed by atoms with Gasteiger partial charge in [-0.2, -0.15) is 0 Å². The number of rotatable bonds is 4. The standard InChI is InChI=1S/C14H22N4O2/c1-11-3-4-13(19)18(11)10-9-17-7-5-12(6-8-17)16-14(20)15-2/h3-4,12H,1,5-10H2,2H3,(H2,15,16,20). The molecule has 0 aliphatic carbocycles. The quantitative estimate of drug-likeness (QED) is 0.777. The Labute approximate surface area is 119 Å². The van der Waals surface area contributed by atoms with Crippen LogP contribution in [0.2, 0.25) is 0 Å². The number of carbonyl (C=O) groups is 2. The van der Waals surface area contributed by atoms with Crippen LogP contribution in [0.25, 0.3) is 0 Å². The lowest BCUT2D eigenvalue weighted by molar-refractivity contribution is -0.123. The summed E-state index contributed by atoms with van der Waals surface area (Å²) in [4.78, 5) is 26.8. The van der Waals surface area contributed by atoms with E-state index in [-0.39, 0.29) is 18.0 Å². The number of likely N-dealkylation sites (tertiary alicyclic amines) is 1. The van der Waals surface area contributed by atoms with Gasteiger partial charge >= 0.3 is 6.03 Å². The van der Waals surface area contributed by atoms with Gasteiger partial charge in [0.25, 0.3) is 5.91 Å². The Morgan fingerprint density at radius 3 is 2.60 bits per heavy atom. The van der Waals surface area contributed by atoms with Crippen LogP contribution in [-0.4, -0.2) is 61.0 Å². The molecule has 3 amide bonds. The van der Waals surface area contributed by atoms with E-state index in [1.807, 2.05) is 0 Å². The second kappa shape index (κ2) is 6.56. The molecule has 0 spiro atoms. The molecule has 110 valence electrons. The highest BCUT2D eigenvalue weighted by Gasteiger charge is 2.23. The Balaban J connectivity index is 1.68. The molecule has 2 aliphatic heterocycles. The Morgan fingerprint density at radius 1 is 1.35 bits per heavy atom. The van der Waals surface area contributed by atoms with Crippen LogP contribution in [0.1, 0.15) is 12.8 Å². The van der Waals surface area contributed by atoms with Gasteiger partial charge in [-0.3, -0.25) is 4.79 Å². The van der Waals surface area contributed by atoms with E-state index in [2.05, 4.69) is 22.1 Å². The molecule has 0 saturated carbocycles. The summed E-state index contributed by atoms with van der Waals surface area (Å²) in [6.45, 7) is 7.26. The number of piperidine rings is 1. The van der Waals surface area contributed by atoms with Crippen LogP contribution in [0.5, 0.6) is 0 Å². The molecule has 0 aromatic heterocycles. The Bertz CT molecular complexity index is 407. The van der Waals surface area contributed by atoms with E-state index in [9.17, 15) is 9.59 Å². The van der Waals surface area contributed by atoms with Crippen LogP contribution in [0.15, 0.2) is 24.4 Å². The van der Waals surface area contributed by atoms with Crippen molar-refractivity contribution in [3.05, 3.63) is 24.4 Å². The molecule has 0 bridgehead atoms. The third-order valence-corrected chi connectivity index (χ3v) is 3.82. The van der Waals surface area contributed by atoms with Crippen LogP contribution in [0.3, 0.4) is 0 Å². The zero-order valence-electron chi connectivity index (χ0n) is 11.9. The summed E-state index contributed by atoms with van der Waals surface area (Å²) >= 11 is 0. The molecule has 2 aliphatic rings. The monoisotopic (exact) mass is 278 g/mol. The number of amides is 3. The fourth-order valence-electron chi connectivity index (χ4n) is 2.54. The highest BCUT2D eigenvalue weighted by atomic mass is 16.2. The van der Waals surface area contributed by atoms with Crippen molar-refractivity contribution in [2.45, 2.75) is 18.9 Å². The Hall–Kier alpha value is -1.82. The second-order valence-electron chi connectivity index (χ2n) is 5.15. The van der Waals surface area contributed by atoms with Gasteiger partial charge < -0.3 is 20.4 Å². The first-order chi connectivity index (χ1) is 9.60. The average Bonchev–Trinajstić information content (AvgIpc) is 2.77. The van der Waals surface area contributed by atoms with Gasteiger partial charge in [0.2, 0.25) is 0 Å². The molecule has 2 rings (SSSR count). The smallest absolute Gasteiger partial charge is 0.314 e. The molecule has 0 radical (unpaired) electrons. The van der Waals surface area contributed by atoms with E-state index in [0.717, 1.165) is 38.2 Å². The number of carbonyl (C=O) groups excluding carboxylic acids is 2. The predicted molar refractivity (Wildman–Crippen MR) is 77.0 cm³/mol. The number of hydrogen-bond donors (Lipinski definition) is 2. The van der Waals surface area contributed by atoms with Crippen molar-refractivity contribution in [2.75, 3.05) is 33.2 Å². The molecule has 0 unspecified atom stereocenters. The molecule has 0 aromatic carbocycles. The molecular formula is C14H22N4O2. The third-order valence-electron chi connectivity index (χ3n) is 3.82. The first-order valence-electron chi connectivity index (χ1n) is 6.99. The van der Waals surface area contributed by atoms with Crippen molar-refractivity contribution < 1.29 is 9.59 Å². The number of hydrogen-bond acceptors (Lipinski definition) is 3. The minimum absolute atomic E-state index is 0.0196. The van der Waals surface area contributed by atoms with Gasteiger partial charge in [-0.1, -0.05) is 6.58 Å². The van der Waals surface area contributed by atoms with Crippen molar-refractivity contribution in [3.63, 3.8) is 0 Å². The molecule has 20 heavy (non-hydrogen) atoms. The van der Waals surface area contributed by atoms with E-state index >= 15 is 0 Å². The topological polar surface area (TPSA) is 64.7 Å². The van der Waals surface area contributed by atoms with Crippen LogP contribution in [-0.2, 0) is 4.79 Å². The summed E-state index contributed by atoms with van der Waals surface area (Å²) in [7, 11) is 1.62. The van der Waals surface area contributed by atoms with E-state index in [0.29, 0.717) is 6.54 Å². The zero-order chi connectivity index (χ0) is 14.5. The molecule has 6 heteroatoms. The molecular weight excluding hydrogens is 256 g/mol. The lowest BCUT2D eigenvalue weighted by Crippen LogP contribution is -2.48. The molecule has 0 atom stereocenters. The van der Waals surface area contributed by atoms with Gasteiger partial charge in [0.1, 0.15) is 0 Å². The maximum atomic E-state index is 11.6. The Morgan fingerprint density at radius 2 is 2.05 bits per heavy atom. The molecule has 6 nitrogen and oxygen atoms in total. The summed E-state index contributed by atoms with van der Waals surface area (Å²) in [5.74, 6) is 0.0196. The SMILES string of the molecule is C=C1C=CC(=O)N1CCN1CCC(NC(=O)NC)CC1. The Kier molecular flexibility index (Phi) is 4.79. The fraction of sp³-hybridized carbons (Fsp3) is 0.571. The molecule has 1 saturated heterocycles. The summed E-state index contributed by atoms with van der Waals surface area (Å²) in [5, 5.41) is 5.51. The maximum absolute atomic E-state index is 11.6. The fourth-order valence-corrected chi connectivity index (χ4v) is 2.54. The van der Waals surface area contributed by atoms with Crippen LogP contribution < -0.4 is 10.6 Å². The molecule has 0 aromatic rings. The predicted octanol–water partition coefficient (Wildman–Crippen LogP) is 0.292. The van der Waals surface area contributed by atoms with E-state index < -0.39 is 0 Å². The zero-order valence-corrected chi connectivity index (χ0v) is 11.9. The normalized spacial score (nSPS) is 20.6. The van der Waals surface area contributed by atoms with Crippen molar-refractivity contribution in [1.82, 2.24) is 20.4 Å². The van der Waals surface area contributed by atoms with Crippen molar-refractivity contribution >= 4 is 11.9 Å². The lowest BCUT2D eigenvalue weighted by atomic mass is 10.1. The second-order valence-corrected chi connectivity index (χ2v) is 5.15. The van der Waals surface area contributed by atoms with Gasteiger partial charge in [-0.15, -0.1) is 0 Å².